The number of thioether (sulfide) groups is 1. The lowest BCUT2D eigenvalue weighted by Gasteiger charge is -2.12. The zero-order valence-electron chi connectivity index (χ0n) is 13.9. The van der Waals surface area contributed by atoms with E-state index in [1.807, 2.05) is 0 Å². The van der Waals surface area contributed by atoms with Gasteiger partial charge in [-0.15, -0.1) is 0 Å². The van der Waals surface area contributed by atoms with Gasteiger partial charge in [0.2, 0.25) is 0 Å². The molecule has 1 N–H and O–H groups in total. The van der Waals surface area contributed by atoms with Crippen molar-refractivity contribution in [2.24, 2.45) is 0 Å². The topological polar surface area (TPSA) is 66.8 Å². The van der Waals surface area contributed by atoms with E-state index in [0.717, 1.165) is 16.7 Å². The van der Waals surface area contributed by atoms with Crippen LogP contribution in [0.1, 0.15) is 18.1 Å². The number of benzene rings is 2. The first kappa shape index (κ1) is 18.0. The Morgan fingerprint density at radius 1 is 1.23 bits per heavy atom. The number of aromatic hydroxyl groups is 1. The molecule has 0 unspecified atom stereocenters. The lowest BCUT2D eigenvalue weighted by Crippen LogP contribution is -2.27. The Labute approximate surface area is 154 Å². The Bertz CT molecular complexity index is 897. The normalized spacial score (nSPS) is 15.8. The minimum absolute atomic E-state index is 0.00310. The van der Waals surface area contributed by atoms with Gasteiger partial charge in [-0.1, -0.05) is 24.3 Å². The van der Waals surface area contributed by atoms with Crippen molar-refractivity contribution in [1.82, 2.24) is 4.90 Å². The van der Waals surface area contributed by atoms with Crippen molar-refractivity contribution in [1.29, 1.82) is 0 Å². The van der Waals surface area contributed by atoms with E-state index in [1.165, 1.54) is 18.2 Å². The summed E-state index contributed by atoms with van der Waals surface area (Å²) in [4.78, 5) is 25.9. The number of phenols is 1. The summed E-state index contributed by atoms with van der Waals surface area (Å²) in [7, 11) is 0. The third kappa shape index (κ3) is 3.72. The highest BCUT2D eigenvalue weighted by molar-refractivity contribution is 8.18. The Balaban J connectivity index is 1.83. The molecule has 1 heterocycles. The van der Waals surface area contributed by atoms with Gasteiger partial charge in [-0.2, -0.15) is 0 Å². The van der Waals surface area contributed by atoms with Crippen molar-refractivity contribution in [3.8, 4) is 11.5 Å². The SMILES string of the molecule is CCOc1cc(/C=C2\SC(=O)N(Cc3ccccc3F)C2=O)ccc1O. The molecule has 5 nitrogen and oxygen atoms in total. The number of carbonyl (C=O) groups is 2. The molecule has 1 aliphatic rings. The molecule has 2 amide bonds. The van der Waals surface area contributed by atoms with Crippen LogP contribution in [0, 0.1) is 5.82 Å². The first-order valence-electron chi connectivity index (χ1n) is 7.94. The molecule has 0 saturated carbocycles. The lowest BCUT2D eigenvalue weighted by atomic mass is 10.1. The van der Waals surface area contributed by atoms with Crippen LogP contribution in [0.4, 0.5) is 9.18 Å². The monoisotopic (exact) mass is 373 g/mol. The Hall–Kier alpha value is -2.80. The molecule has 134 valence electrons. The van der Waals surface area contributed by atoms with Gasteiger partial charge in [0, 0.05) is 5.56 Å². The second-order valence-electron chi connectivity index (χ2n) is 5.52. The highest BCUT2D eigenvalue weighted by Crippen LogP contribution is 2.35. The molecular formula is C19H16FNO4S. The van der Waals surface area contributed by atoms with E-state index in [0.29, 0.717) is 17.9 Å². The number of nitrogens with zero attached hydrogens (tertiary/aromatic N) is 1. The third-order valence-electron chi connectivity index (χ3n) is 3.74. The van der Waals surface area contributed by atoms with Gasteiger partial charge in [0.05, 0.1) is 18.1 Å². The van der Waals surface area contributed by atoms with Crippen LogP contribution in [0.25, 0.3) is 6.08 Å². The van der Waals surface area contributed by atoms with Crippen LogP contribution < -0.4 is 4.74 Å². The van der Waals surface area contributed by atoms with Gasteiger partial charge in [0.25, 0.3) is 11.1 Å². The van der Waals surface area contributed by atoms with Crippen LogP contribution >= 0.6 is 11.8 Å². The van der Waals surface area contributed by atoms with Gasteiger partial charge in [-0.25, -0.2) is 4.39 Å². The van der Waals surface area contributed by atoms with Gasteiger partial charge >= 0.3 is 0 Å². The Morgan fingerprint density at radius 2 is 2.00 bits per heavy atom. The molecule has 26 heavy (non-hydrogen) atoms. The van der Waals surface area contributed by atoms with Crippen LogP contribution in [0.2, 0.25) is 0 Å². The number of imide groups is 1. The van der Waals surface area contributed by atoms with E-state index in [4.69, 9.17) is 4.74 Å². The smallest absolute Gasteiger partial charge is 0.293 e. The summed E-state index contributed by atoms with van der Waals surface area (Å²) in [5.41, 5.74) is 0.891. The predicted molar refractivity (Wildman–Crippen MR) is 97.2 cm³/mol. The number of carbonyl (C=O) groups excluding carboxylic acids is 2. The minimum atomic E-state index is -0.478. The zero-order valence-corrected chi connectivity index (χ0v) is 14.8. The maximum absolute atomic E-state index is 13.8. The average molecular weight is 373 g/mol. The molecule has 1 fully saturated rings. The van der Waals surface area contributed by atoms with Gasteiger partial charge in [0.15, 0.2) is 11.5 Å². The quantitative estimate of drug-likeness (QED) is 0.797. The van der Waals surface area contributed by atoms with E-state index in [2.05, 4.69) is 0 Å². The summed E-state index contributed by atoms with van der Waals surface area (Å²) in [6, 6.07) is 10.7. The van der Waals surface area contributed by atoms with E-state index in [9.17, 15) is 19.1 Å². The Morgan fingerprint density at radius 3 is 2.73 bits per heavy atom. The standard InChI is InChI=1S/C19H16FNO4S/c1-2-25-16-9-12(7-8-15(16)22)10-17-18(23)21(19(24)26-17)11-13-5-3-4-6-14(13)20/h3-10,22H,2,11H2,1H3/b17-10-. The predicted octanol–water partition coefficient (Wildman–Crippen LogP) is 4.17. The summed E-state index contributed by atoms with van der Waals surface area (Å²) in [6.07, 6.45) is 1.55. The Kier molecular flexibility index (Phi) is 5.27. The number of phenolic OH excluding ortho intramolecular Hbond substituents is 1. The molecule has 1 aliphatic heterocycles. The number of hydrogen-bond acceptors (Lipinski definition) is 5. The largest absolute Gasteiger partial charge is 0.504 e. The summed E-state index contributed by atoms with van der Waals surface area (Å²) in [5.74, 6) is -0.645. The second kappa shape index (κ2) is 7.61. The summed E-state index contributed by atoms with van der Waals surface area (Å²) >= 11 is 0.798. The van der Waals surface area contributed by atoms with E-state index in [1.54, 1.807) is 37.3 Å². The van der Waals surface area contributed by atoms with Crippen molar-refractivity contribution >= 4 is 29.0 Å². The minimum Gasteiger partial charge on any atom is -0.504 e. The van der Waals surface area contributed by atoms with Crippen molar-refractivity contribution in [2.45, 2.75) is 13.5 Å². The highest BCUT2D eigenvalue weighted by atomic mass is 32.2. The van der Waals surface area contributed by atoms with Gasteiger partial charge < -0.3 is 9.84 Å². The van der Waals surface area contributed by atoms with Gasteiger partial charge in [-0.05, 0) is 48.5 Å². The molecular weight excluding hydrogens is 357 g/mol. The van der Waals surface area contributed by atoms with Crippen LogP contribution in [0.5, 0.6) is 11.5 Å². The summed E-state index contributed by atoms with van der Waals surface area (Å²) in [6.45, 7) is 2.06. The van der Waals surface area contributed by atoms with Crippen LogP contribution in [0.15, 0.2) is 47.4 Å². The number of rotatable bonds is 5. The highest BCUT2D eigenvalue weighted by Gasteiger charge is 2.35. The van der Waals surface area contributed by atoms with Crippen molar-refractivity contribution in [3.63, 3.8) is 0 Å². The first-order valence-corrected chi connectivity index (χ1v) is 8.76. The molecule has 0 radical (unpaired) electrons. The number of ether oxygens (including phenoxy) is 1. The molecule has 2 aromatic rings. The first-order chi connectivity index (χ1) is 12.5. The molecule has 0 aromatic heterocycles. The third-order valence-corrected chi connectivity index (χ3v) is 4.65. The maximum atomic E-state index is 13.8. The van der Waals surface area contributed by atoms with E-state index >= 15 is 0 Å². The van der Waals surface area contributed by atoms with E-state index < -0.39 is 17.0 Å². The number of amides is 2. The maximum Gasteiger partial charge on any atom is 0.293 e. The van der Waals surface area contributed by atoms with Crippen molar-refractivity contribution in [2.75, 3.05) is 6.61 Å². The summed E-state index contributed by atoms with van der Waals surface area (Å²) in [5, 5.41) is 9.29. The van der Waals surface area contributed by atoms with Crippen LogP contribution in [-0.2, 0) is 11.3 Å². The molecule has 1 saturated heterocycles. The zero-order chi connectivity index (χ0) is 18.7. The fourth-order valence-electron chi connectivity index (χ4n) is 2.48. The summed E-state index contributed by atoms with van der Waals surface area (Å²) < 4.78 is 19.1. The second-order valence-corrected chi connectivity index (χ2v) is 6.51. The molecule has 0 bridgehead atoms. The number of hydrogen-bond donors (Lipinski definition) is 1. The molecule has 3 rings (SSSR count). The van der Waals surface area contributed by atoms with Crippen molar-refractivity contribution < 1.29 is 23.8 Å². The lowest BCUT2D eigenvalue weighted by molar-refractivity contribution is -0.123. The van der Waals surface area contributed by atoms with Gasteiger partial charge in [-0.3, -0.25) is 14.5 Å². The fraction of sp³-hybridized carbons (Fsp3) is 0.158. The number of halogens is 1. The van der Waals surface area contributed by atoms with Crippen LogP contribution in [-0.4, -0.2) is 27.8 Å². The van der Waals surface area contributed by atoms with Crippen LogP contribution in [0.3, 0.4) is 0 Å². The van der Waals surface area contributed by atoms with E-state index in [-0.39, 0.29) is 22.8 Å². The average Bonchev–Trinajstić information content (AvgIpc) is 2.87. The fourth-order valence-corrected chi connectivity index (χ4v) is 3.31. The molecule has 0 aliphatic carbocycles. The van der Waals surface area contributed by atoms with Crippen molar-refractivity contribution in [3.05, 3.63) is 64.3 Å². The van der Waals surface area contributed by atoms with Gasteiger partial charge in [0.1, 0.15) is 5.82 Å². The molecule has 0 spiro atoms. The molecule has 0 atom stereocenters. The molecule has 2 aromatic carbocycles. The molecule has 7 heteroatoms.